The Morgan fingerprint density at radius 1 is 1.25 bits per heavy atom. The fourth-order valence-electron chi connectivity index (χ4n) is 2.62. The SMILES string of the molecule is CC(C)(C)C1CCC(CNCC(=O)O)CC1. The van der Waals surface area contributed by atoms with E-state index in [1.165, 1.54) is 25.7 Å². The van der Waals surface area contributed by atoms with Crippen molar-refractivity contribution in [3.05, 3.63) is 0 Å². The lowest BCUT2D eigenvalue weighted by molar-refractivity contribution is -0.136. The van der Waals surface area contributed by atoms with E-state index in [0.717, 1.165) is 12.5 Å². The lowest BCUT2D eigenvalue weighted by Crippen LogP contribution is -2.32. The molecule has 0 heterocycles. The van der Waals surface area contributed by atoms with Gasteiger partial charge in [-0.15, -0.1) is 0 Å². The highest BCUT2D eigenvalue weighted by Crippen LogP contribution is 2.39. The van der Waals surface area contributed by atoms with Crippen molar-refractivity contribution >= 4 is 5.97 Å². The maximum absolute atomic E-state index is 10.4. The van der Waals surface area contributed by atoms with Crippen LogP contribution < -0.4 is 5.32 Å². The Morgan fingerprint density at radius 3 is 2.25 bits per heavy atom. The van der Waals surface area contributed by atoms with Gasteiger partial charge in [0.2, 0.25) is 0 Å². The van der Waals surface area contributed by atoms with Gasteiger partial charge in [0.1, 0.15) is 0 Å². The first-order chi connectivity index (χ1) is 7.39. The second-order valence-corrected chi connectivity index (χ2v) is 6.11. The van der Waals surface area contributed by atoms with Gasteiger partial charge in [-0.2, -0.15) is 0 Å². The van der Waals surface area contributed by atoms with Crippen LogP contribution in [0.25, 0.3) is 0 Å². The van der Waals surface area contributed by atoms with Crippen molar-refractivity contribution in [1.82, 2.24) is 5.32 Å². The molecular formula is C13H25NO2. The Kier molecular flexibility index (Phi) is 4.78. The van der Waals surface area contributed by atoms with Crippen LogP contribution in [0.2, 0.25) is 0 Å². The molecule has 0 bridgehead atoms. The molecule has 2 N–H and O–H groups in total. The van der Waals surface area contributed by atoms with Gasteiger partial charge in [-0.3, -0.25) is 4.79 Å². The van der Waals surface area contributed by atoms with Crippen molar-refractivity contribution in [2.45, 2.75) is 46.5 Å². The van der Waals surface area contributed by atoms with Crippen LogP contribution in [0.5, 0.6) is 0 Å². The maximum Gasteiger partial charge on any atom is 0.317 e. The number of nitrogens with one attached hydrogen (secondary N) is 1. The van der Waals surface area contributed by atoms with Gasteiger partial charge in [-0.05, 0) is 49.5 Å². The topological polar surface area (TPSA) is 49.3 Å². The van der Waals surface area contributed by atoms with Crippen LogP contribution in [-0.4, -0.2) is 24.2 Å². The van der Waals surface area contributed by atoms with Crippen LogP contribution in [-0.2, 0) is 4.79 Å². The first-order valence-electron chi connectivity index (χ1n) is 6.32. The van der Waals surface area contributed by atoms with Crippen molar-refractivity contribution in [3.63, 3.8) is 0 Å². The van der Waals surface area contributed by atoms with Crippen LogP contribution in [0, 0.1) is 17.3 Å². The van der Waals surface area contributed by atoms with E-state index in [1.807, 2.05) is 0 Å². The van der Waals surface area contributed by atoms with E-state index in [9.17, 15) is 4.79 Å². The molecule has 0 amide bonds. The number of carboxylic acids is 1. The molecule has 0 aromatic carbocycles. The molecule has 0 aromatic heterocycles. The summed E-state index contributed by atoms with van der Waals surface area (Å²) in [5.74, 6) is 0.754. The molecule has 3 heteroatoms. The third-order valence-electron chi connectivity index (χ3n) is 3.78. The van der Waals surface area contributed by atoms with Crippen molar-refractivity contribution < 1.29 is 9.90 Å². The number of rotatable bonds is 4. The number of carbonyl (C=O) groups is 1. The standard InChI is InChI=1S/C13H25NO2/c1-13(2,3)11-6-4-10(5-7-11)8-14-9-12(15)16/h10-11,14H,4-9H2,1-3H3,(H,15,16). The molecule has 1 aliphatic carbocycles. The summed E-state index contributed by atoms with van der Waals surface area (Å²) >= 11 is 0. The van der Waals surface area contributed by atoms with Gasteiger partial charge in [0.25, 0.3) is 0 Å². The van der Waals surface area contributed by atoms with Crippen LogP contribution in [0.1, 0.15) is 46.5 Å². The van der Waals surface area contributed by atoms with Crippen molar-refractivity contribution in [1.29, 1.82) is 0 Å². The number of hydrogen-bond donors (Lipinski definition) is 2. The zero-order valence-electron chi connectivity index (χ0n) is 10.8. The number of hydrogen-bond acceptors (Lipinski definition) is 2. The minimum atomic E-state index is -0.761. The predicted octanol–water partition coefficient (Wildman–Crippen LogP) is 2.51. The highest BCUT2D eigenvalue weighted by molar-refractivity contribution is 5.68. The smallest absolute Gasteiger partial charge is 0.317 e. The molecule has 0 radical (unpaired) electrons. The fourth-order valence-corrected chi connectivity index (χ4v) is 2.62. The van der Waals surface area contributed by atoms with E-state index >= 15 is 0 Å². The highest BCUT2D eigenvalue weighted by atomic mass is 16.4. The van der Waals surface area contributed by atoms with Gasteiger partial charge in [0.05, 0.1) is 6.54 Å². The molecular weight excluding hydrogens is 202 g/mol. The molecule has 0 unspecified atom stereocenters. The third-order valence-corrected chi connectivity index (χ3v) is 3.78. The van der Waals surface area contributed by atoms with E-state index in [0.29, 0.717) is 11.3 Å². The zero-order chi connectivity index (χ0) is 12.2. The van der Waals surface area contributed by atoms with Crippen molar-refractivity contribution in [2.75, 3.05) is 13.1 Å². The minimum Gasteiger partial charge on any atom is -0.480 e. The molecule has 1 fully saturated rings. The summed E-state index contributed by atoms with van der Waals surface area (Å²) in [5.41, 5.74) is 0.430. The molecule has 16 heavy (non-hydrogen) atoms. The Morgan fingerprint density at radius 2 is 1.81 bits per heavy atom. The van der Waals surface area contributed by atoms with Crippen LogP contribution in [0.4, 0.5) is 0 Å². The second-order valence-electron chi connectivity index (χ2n) is 6.11. The van der Waals surface area contributed by atoms with Gasteiger partial charge in [-0.25, -0.2) is 0 Å². The summed E-state index contributed by atoms with van der Waals surface area (Å²) in [4.78, 5) is 10.4. The normalized spacial score (nSPS) is 26.7. The Labute approximate surface area is 98.6 Å². The Bertz CT molecular complexity index is 225. The van der Waals surface area contributed by atoms with Gasteiger partial charge in [0, 0.05) is 0 Å². The molecule has 1 rings (SSSR count). The van der Waals surface area contributed by atoms with E-state index < -0.39 is 5.97 Å². The predicted molar refractivity (Wildman–Crippen MR) is 65.4 cm³/mol. The largest absolute Gasteiger partial charge is 0.480 e. The summed E-state index contributed by atoms with van der Waals surface area (Å²) in [5, 5.41) is 11.5. The van der Waals surface area contributed by atoms with Crippen LogP contribution in [0.15, 0.2) is 0 Å². The average molecular weight is 227 g/mol. The molecule has 3 nitrogen and oxygen atoms in total. The third kappa shape index (κ3) is 4.52. The lowest BCUT2D eigenvalue weighted by Gasteiger charge is -2.37. The molecule has 1 aliphatic rings. The monoisotopic (exact) mass is 227 g/mol. The Balaban J connectivity index is 2.19. The first kappa shape index (κ1) is 13.5. The summed E-state index contributed by atoms with van der Waals surface area (Å²) in [7, 11) is 0. The maximum atomic E-state index is 10.4. The van der Waals surface area contributed by atoms with Gasteiger partial charge < -0.3 is 10.4 Å². The molecule has 0 atom stereocenters. The molecule has 94 valence electrons. The molecule has 0 aromatic rings. The Hall–Kier alpha value is -0.570. The van der Waals surface area contributed by atoms with Gasteiger partial charge in [-0.1, -0.05) is 20.8 Å². The fraction of sp³-hybridized carbons (Fsp3) is 0.923. The zero-order valence-corrected chi connectivity index (χ0v) is 10.8. The van der Waals surface area contributed by atoms with E-state index in [4.69, 9.17) is 5.11 Å². The molecule has 1 saturated carbocycles. The summed E-state index contributed by atoms with van der Waals surface area (Å²) in [6, 6.07) is 0. The second kappa shape index (κ2) is 5.67. The van der Waals surface area contributed by atoms with E-state index in [1.54, 1.807) is 0 Å². The van der Waals surface area contributed by atoms with Crippen LogP contribution in [0.3, 0.4) is 0 Å². The summed E-state index contributed by atoms with van der Waals surface area (Å²) in [6.45, 7) is 7.92. The number of carboxylic acid groups (broad SMARTS) is 1. The van der Waals surface area contributed by atoms with Gasteiger partial charge >= 0.3 is 5.97 Å². The van der Waals surface area contributed by atoms with Crippen LogP contribution >= 0.6 is 0 Å². The highest BCUT2D eigenvalue weighted by Gasteiger charge is 2.29. The van der Waals surface area contributed by atoms with Crippen molar-refractivity contribution in [3.8, 4) is 0 Å². The van der Waals surface area contributed by atoms with E-state index in [-0.39, 0.29) is 6.54 Å². The lowest BCUT2D eigenvalue weighted by atomic mass is 9.70. The summed E-state index contributed by atoms with van der Waals surface area (Å²) in [6.07, 6.45) is 5.08. The number of aliphatic carboxylic acids is 1. The first-order valence-corrected chi connectivity index (χ1v) is 6.32. The average Bonchev–Trinajstić information content (AvgIpc) is 2.16. The molecule has 0 saturated heterocycles. The summed E-state index contributed by atoms with van der Waals surface area (Å²) < 4.78 is 0. The van der Waals surface area contributed by atoms with Crippen molar-refractivity contribution in [2.24, 2.45) is 17.3 Å². The van der Waals surface area contributed by atoms with Gasteiger partial charge in [0.15, 0.2) is 0 Å². The molecule has 0 aliphatic heterocycles. The quantitative estimate of drug-likeness (QED) is 0.776. The molecule has 0 spiro atoms. The minimum absolute atomic E-state index is 0.0964. The van der Waals surface area contributed by atoms with E-state index in [2.05, 4.69) is 26.1 Å².